The molecule has 0 aromatic heterocycles. The van der Waals surface area contributed by atoms with Crippen LogP contribution < -0.4 is 0 Å². The highest BCUT2D eigenvalue weighted by molar-refractivity contribution is 5.98. The molecule has 0 bridgehead atoms. The number of fused-ring (bicyclic) bond motifs is 1. The van der Waals surface area contributed by atoms with E-state index < -0.39 is 5.97 Å². The first-order valence-corrected chi connectivity index (χ1v) is 9.53. The summed E-state index contributed by atoms with van der Waals surface area (Å²) in [6, 6.07) is 26.0. The fourth-order valence-corrected chi connectivity index (χ4v) is 3.36. The molecule has 0 atom stereocenters. The monoisotopic (exact) mass is 380 g/mol. The van der Waals surface area contributed by atoms with Crippen LogP contribution in [-0.4, -0.2) is 11.8 Å². The van der Waals surface area contributed by atoms with Gasteiger partial charge in [0.15, 0.2) is 5.78 Å². The van der Waals surface area contributed by atoms with Crippen molar-refractivity contribution < 1.29 is 14.3 Å². The fraction of sp³-hybridized carbons (Fsp3) is 0.0769. The summed E-state index contributed by atoms with van der Waals surface area (Å²) in [6.07, 6.45) is 4.59. The zero-order chi connectivity index (χ0) is 20.1. The Morgan fingerprint density at radius 1 is 0.690 bits per heavy atom. The summed E-state index contributed by atoms with van der Waals surface area (Å²) in [4.78, 5) is 25.3. The molecule has 29 heavy (non-hydrogen) atoms. The van der Waals surface area contributed by atoms with Crippen LogP contribution in [0.5, 0.6) is 0 Å². The van der Waals surface area contributed by atoms with E-state index in [-0.39, 0.29) is 12.2 Å². The molecule has 3 nitrogen and oxygen atoms in total. The van der Waals surface area contributed by atoms with Gasteiger partial charge in [0.1, 0.15) is 5.76 Å². The number of allylic oxidation sites excluding steroid dienone is 1. The normalized spacial score (nSPS) is 12.8. The minimum atomic E-state index is -0.398. The average molecular weight is 380 g/mol. The van der Waals surface area contributed by atoms with Crippen LogP contribution in [0.15, 0.2) is 96.3 Å². The molecule has 0 saturated carbocycles. The molecule has 0 unspecified atom stereocenters. The van der Waals surface area contributed by atoms with Gasteiger partial charge < -0.3 is 4.74 Å². The van der Waals surface area contributed by atoms with Gasteiger partial charge in [0.05, 0.1) is 5.56 Å². The van der Waals surface area contributed by atoms with Crippen molar-refractivity contribution in [1.29, 1.82) is 0 Å². The van der Waals surface area contributed by atoms with Crippen LogP contribution in [0.4, 0.5) is 0 Å². The van der Waals surface area contributed by atoms with Gasteiger partial charge in [-0.05, 0) is 29.3 Å². The van der Waals surface area contributed by atoms with Crippen molar-refractivity contribution in [3.63, 3.8) is 0 Å². The Hall–Kier alpha value is -3.72. The van der Waals surface area contributed by atoms with Crippen LogP contribution in [-0.2, 0) is 4.74 Å². The predicted octanol–water partition coefficient (Wildman–Crippen LogP) is 5.94. The van der Waals surface area contributed by atoms with E-state index in [9.17, 15) is 9.59 Å². The molecular formula is C26H20O3. The molecule has 1 aliphatic carbocycles. The average Bonchev–Trinajstić information content (AvgIpc) is 2.93. The second-order valence-electron chi connectivity index (χ2n) is 6.94. The van der Waals surface area contributed by atoms with Crippen molar-refractivity contribution in [3.05, 3.63) is 119 Å². The Balaban J connectivity index is 1.60. The van der Waals surface area contributed by atoms with Gasteiger partial charge in [-0.3, -0.25) is 4.79 Å². The first-order chi connectivity index (χ1) is 14.2. The zero-order valence-electron chi connectivity index (χ0n) is 15.9. The van der Waals surface area contributed by atoms with Crippen molar-refractivity contribution in [3.8, 4) is 0 Å². The molecule has 0 amide bonds. The third kappa shape index (κ3) is 4.58. The SMILES string of the molecule is O=C(CC1=Cc2ccccc2C=C(OC(=O)c2ccccc2)C1)c1ccccc1. The van der Waals surface area contributed by atoms with Gasteiger partial charge in [-0.15, -0.1) is 0 Å². The molecule has 0 saturated heterocycles. The number of hydrogen-bond donors (Lipinski definition) is 0. The molecule has 1 aliphatic rings. The number of benzene rings is 3. The first kappa shape index (κ1) is 18.6. The van der Waals surface area contributed by atoms with Crippen molar-refractivity contribution in [2.45, 2.75) is 12.8 Å². The van der Waals surface area contributed by atoms with Crippen LogP contribution in [0.1, 0.15) is 44.7 Å². The standard InChI is InChI=1S/C26H20O3/c27-25(20-9-3-1-4-10-20)17-19-15-22-13-7-8-14-23(22)18-24(16-19)29-26(28)21-11-5-2-6-12-21/h1-15,18H,16-17H2. The van der Waals surface area contributed by atoms with Gasteiger partial charge in [-0.1, -0.05) is 84.4 Å². The Bertz CT molecular complexity index is 1000. The number of esters is 1. The number of ketones is 1. The number of carbonyl (C=O) groups is 2. The summed E-state index contributed by atoms with van der Waals surface area (Å²) in [6.45, 7) is 0. The lowest BCUT2D eigenvalue weighted by atomic mass is 9.99. The largest absolute Gasteiger partial charge is 0.427 e. The van der Waals surface area contributed by atoms with Gasteiger partial charge in [0.25, 0.3) is 0 Å². The van der Waals surface area contributed by atoms with E-state index in [0.717, 1.165) is 16.7 Å². The van der Waals surface area contributed by atoms with Gasteiger partial charge in [0.2, 0.25) is 0 Å². The summed E-state index contributed by atoms with van der Waals surface area (Å²) >= 11 is 0. The molecule has 0 spiro atoms. The number of hydrogen-bond acceptors (Lipinski definition) is 3. The molecule has 3 aromatic carbocycles. The number of ether oxygens (including phenoxy) is 1. The highest BCUT2D eigenvalue weighted by Crippen LogP contribution is 2.29. The zero-order valence-corrected chi connectivity index (χ0v) is 15.9. The fourth-order valence-electron chi connectivity index (χ4n) is 3.36. The summed E-state index contributed by atoms with van der Waals surface area (Å²) in [5.41, 5.74) is 4.06. The van der Waals surface area contributed by atoms with Gasteiger partial charge in [0, 0.05) is 18.4 Å². The van der Waals surface area contributed by atoms with E-state index >= 15 is 0 Å². The molecule has 0 radical (unpaired) electrons. The molecule has 3 aromatic rings. The van der Waals surface area contributed by atoms with Crippen LogP contribution in [0.2, 0.25) is 0 Å². The Labute approximate surface area is 170 Å². The summed E-state index contributed by atoms with van der Waals surface area (Å²) < 4.78 is 5.70. The van der Waals surface area contributed by atoms with Gasteiger partial charge in [-0.2, -0.15) is 0 Å². The third-order valence-corrected chi connectivity index (χ3v) is 4.79. The van der Waals surface area contributed by atoms with Crippen molar-refractivity contribution in [1.82, 2.24) is 0 Å². The third-order valence-electron chi connectivity index (χ3n) is 4.79. The molecule has 3 heteroatoms. The molecule has 0 heterocycles. The number of rotatable bonds is 5. The van der Waals surface area contributed by atoms with E-state index in [4.69, 9.17) is 4.74 Å². The molecule has 142 valence electrons. The van der Waals surface area contributed by atoms with E-state index in [1.807, 2.05) is 72.8 Å². The van der Waals surface area contributed by atoms with Crippen molar-refractivity contribution >= 4 is 23.9 Å². The Morgan fingerprint density at radius 3 is 1.90 bits per heavy atom. The van der Waals surface area contributed by atoms with Crippen LogP contribution >= 0.6 is 0 Å². The summed E-state index contributed by atoms with van der Waals surface area (Å²) in [7, 11) is 0. The molecule has 4 rings (SSSR count). The smallest absolute Gasteiger partial charge is 0.343 e. The number of Topliss-reactive ketones (excluding diaryl/α,β-unsaturated/α-hetero) is 1. The summed E-state index contributed by atoms with van der Waals surface area (Å²) in [5, 5.41) is 0. The van der Waals surface area contributed by atoms with E-state index in [0.29, 0.717) is 23.3 Å². The van der Waals surface area contributed by atoms with E-state index in [1.165, 1.54) is 0 Å². The molecule has 0 N–H and O–H groups in total. The van der Waals surface area contributed by atoms with E-state index in [1.54, 1.807) is 24.3 Å². The minimum Gasteiger partial charge on any atom is -0.427 e. The molecule has 0 aliphatic heterocycles. The van der Waals surface area contributed by atoms with Crippen LogP contribution in [0.25, 0.3) is 12.2 Å². The van der Waals surface area contributed by atoms with Crippen LogP contribution in [0, 0.1) is 0 Å². The predicted molar refractivity (Wildman–Crippen MR) is 114 cm³/mol. The van der Waals surface area contributed by atoms with Crippen molar-refractivity contribution in [2.24, 2.45) is 0 Å². The van der Waals surface area contributed by atoms with Crippen LogP contribution in [0.3, 0.4) is 0 Å². The maximum absolute atomic E-state index is 12.7. The summed E-state index contributed by atoms with van der Waals surface area (Å²) in [5.74, 6) is 0.186. The topological polar surface area (TPSA) is 43.4 Å². The molecular weight excluding hydrogens is 360 g/mol. The van der Waals surface area contributed by atoms with Gasteiger partial charge >= 0.3 is 5.97 Å². The molecule has 0 fully saturated rings. The number of carbonyl (C=O) groups excluding carboxylic acids is 2. The quantitative estimate of drug-likeness (QED) is 0.406. The maximum Gasteiger partial charge on any atom is 0.343 e. The van der Waals surface area contributed by atoms with Gasteiger partial charge in [-0.25, -0.2) is 4.79 Å². The second kappa shape index (κ2) is 8.53. The first-order valence-electron chi connectivity index (χ1n) is 9.53. The highest BCUT2D eigenvalue weighted by atomic mass is 16.5. The lowest BCUT2D eigenvalue weighted by molar-refractivity contribution is 0.0622. The van der Waals surface area contributed by atoms with Crippen molar-refractivity contribution in [2.75, 3.05) is 0 Å². The minimum absolute atomic E-state index is 0.0463. The second-order valence-corrected chi connectivity index (χ2v) is 6.94. The Morgan fingerprint density at radius 2 is 1.24 bits per heavy atom. The maximum atomic E-state index is 12.7. The lowest BCUT2D eigenvalue weighted by Gasteiger charge is -2.10. The highest BCUT2D eigenvalue weighted by Gasteiger charge is 2.18. The van der Waals surface area contributed by atoms with E-state index in [2.05, 4.69) is 0 Å². The Kier molecular flexibility index (Phi) is 5.48. The lowest BCUT2D eigenvalue weighted by Crippen LogP contribution is -2.07.